The van der Waals surface area contributed by atoms with E-state index in [1.807, 2.05) is 23.1 Å². The Hall–Kier alpha value is -1.55. The van der Waals surface area contributed by atoms with Crippen LogP contribution >= 0.6 is 0 Å². The molecule has 1 unspecified atom stereocenters. The van der Waals surface area contributed by atoms with Crippen LogP contribution in [0.4, 0.5) is 5.69 Å². The highest BCUT2D eigenvalue weighted by Gasteiger charge is 2.34. The van der Waals surface area contributed by atoms with Crippen LogP contribution in [0.15, 0.2) is 18.2 Å². The first-order valence-electron chi connectivity index (χ1n) is 6.89. The van der Waals surface area contributed by atoms with Crippen molar-refractivity contribution in [2.24, 2.45) is 11.8 Å². The molecule has 1 fully saturated rings. The number of benzene rings is 1. The van der Waals surface area contributed by atoms with Gasteiger partial charge in [0.2, 0.25) is 5.91 Å². The second-order valence-electron chi connectivity index (χ2n) is 5.44. The van der Waals surface area contributed by atoms with Crippen LogP contribution in [0.2, 0.25) is 0 Å². The summed E-state index contributed by atoms with van der Waals surface area (Å²) in [6.45, 7) is 4.79. The predicted octanol–water partition coefficient (Wildman–Crippen LogP) is 1.44. The molecule has 0 spiro atoms. The Morgan fingerprint density at radius 2 is 2.26 bits per heavy atom. The fourth-order valence-corrected chi connectivity index (χ4v) is 2.85. The molecule has 0 aliphatic carbocycles. The Morgan fingerprint density at radius 3 is 2.89 bits per heavy atom. The highest BCUT2D eigenvalue weighted by Crippen LogP contribution is 2.33. The van der Waals surface area contributed by atoms with Crippen molar-refractivity contribution in [3.05, 3.63) is 23.8 Å². The fourth-order valence-electron chi connectivity index (χ4n) is 2.85. The summed E-state index contributed by atoms with van der Waals surface area (Å²) in [5.74, 6) is 1.73. The van der Waals surface area contributed by atoms with Gasteiger partial charge in [0.15, 0.2) is 0 Å². The molecule has 0 radical (unpaired) electrons. The number of nitrogens with zero attached hydrogens (tertiary/aromatic N) is 1. The molecule has 1 amide bonds. The normalized spacial score (nSPS) is 19.8. The summed E-state index contributed by atoms with van der Waals surface area (Å²) >= 11 is 0. The molecule has 1 atom stereocenters. The van der Waals surface area contributed by atoms with Crippen molar-refractivity contribution in [3.63, 3.8) is 0 Å². The van der Waals surface area contributed by atoms with Crippen LogP contribution in [0.25, 0.3) is 0 Å². The van der Waals surface area contributed by atoms with Crippen molar-refractivity contribution in [2.45, 2.75) is 13.3 Å². The van der Waals surface area contributed by atoms with Gasteiger partial charge in [-0.25, -0.2) is 0 Å². The highest BCUT2D eigenvalue weighted by molar-refractivity contribution is 5.97. The lowest BCUT2D eigenvalue weighted by Crippen LogP contribution is -2.50. The summed E-state index contributed by atoms with van der Waals surface area (Å²) in [7, 11) is 1.67. The molecule has 1 saturated heterocycles. The summed E-state index contributed by atoms with van der Waals surface area (Å²) in [6, 6.07) is 5.98. The number of ether oxygens (including phenoxy) is 1. The molecular formula is C15H20N2O2. The minimum absolute atomic E-state index is 0.106. The summed E-state index contributed by atoms with van der Waals surface area (Å²) in [4.78, 5) is 14.5. The number of rotatable bonds is 3. The molecule has 1 N–H and O–H groups in total. The second-order valence-corrected chi connectivity index (χ2v) is 5.44. The maximum Gasteiger partial charge on any atom is 0.230 e. The van der Waals surface area contributed by atoms with Gasteiger partial charge < -0.3 is 15.0 Å². The van der Waals surface area contributed by atoms with E-state index in [1.165, 1.54) is 5.56 Å². The van der Waals surface area contributed by atoms with E-state index in [-0.39, 0.29) is 11.8 Å². The van der Waals surface area contributed by atoms with Gasteiger partial charge in [-0.3, -0.25) is 4.79 Å². The van der Waals surface area contributed by atoms with E-state index in [2.05, 4.69) is 12.2 Å². The average Bonchev–Trinajstić information content (AvgIpc) is 2.78. The standard InChI is InChI=1S/C15H20N2O2/c1-10(12-8-16-9-12)15(18)17-6-5-11-7-13(19-2)3-4-14(11)17/h3-4,7,10,12,16H,5-6,8-9H2,1-2H3. The third-order valence-electron chi connectivity index (χ3n) is 4.36. The van der Waals surface area contributed by atoms with Crippen molar-refractivity contribution in [1.29, 1.82) is 0 Å². The summed E-state index contributed by atoms with van der Waals surface area (Å²) in [6.07, 6.45) is 0.925. The molecule has 4 nitrogen and oxygen atoms in total. The Kier molecular flexibility index (Phi) is 3.19. The zero-order valence-electron chi connectivity index (χ0n) is 11.5. The van der Waals surface area contributed by atoms with Gasteiger partial charge in [-0.1, -0.05) is 6.92 Å². The molecule has 1 aromatic rings. The van der Waals surface area contributed by atoms with Crippen molar-refractivity contribution >= 4 is 11.6 Å². The van der Waals surface area contributed by atoms with Gasteiger partial charge in [0.25, 0.3) is 0 Å². The molecule has 2 heterocycles. The van der Waals surface area contributed by atoms with Crippen molar-refractivity contribution < 1.29 is 9.53 Å². The van der Waals surface area contributed by atoms with E-state index < -0.39 is 0 Å². The number of methoxy groups -OCH3 is 1. The quantitative estimate of drug-likeness (QED) is 0.894. The minimum atomic E-state index is 0.106. The van der Waals surface area contributed by atoms with Crippen LogP contribution in [0.3, 0.4) is 0 Å². The SMILES string of the molecule is COc1ccc2c(c1)CCN2C(=O)C(C)C1CNC1. The summed E-state index contributed by atoms with van der Waals surface area (Å²) < 4.78 is 5.24. The van der Waals surface area contributed by atoms with E-state index >= 15 is 0 Å². The number of anilines is 1. The van der Waals surface area contributed by atoms with Crippen LogP contribution in [-0.2, 0) is 11.2 Å². The lowest BCUT2D eigenvalue weighted by molar-refractivity contribution is -0.123. The van der Waals surface area contributed by atoms with Gasteiger partial charge in [-0.2, -0.15) is 0 Å². The van der Waals surface area contributed by atoms with E-state index in [0.717, 1.165) is 37.5 Å². The molecule has 0 bridgehead atoms. The molecule has 3 rings (SSSR count). The number of carbonyl (C=O) groups is 1. The van der Waals surface area contributed by atoms with E-state index in [1.54, 1.807) is 7.11 Å². The van der Waals surface area contributed by atoms with E-state index in [0.29, 0.717) is 5.92 Å². The Morgan fingerprint density at radius 1 is 1.47 bits per heavy atom. The van der Waals surface area contributed by atoms with Gasteiger partial charge in [0.1, 0.15) is 5.75 Å². The monoisotopic (exact) mass is 260 g/mol. The van der Waals surface area contributed by atoms with Gasteiger partial charge in [-0.15, -0.1) is 0 Å². The van der Waals surface area contributed by atoms with Crippen LogP contribution in [-0.4, -0.2) is 32.7 Å². The maximum absolute atomic E-state index is 12.6. The van der Waals surface area contributed by atoms with Crippen LogP contribution in [0, 0.1) is 11.8 Å². The van der Waals surface area contributed by atoms with Gasteiger partial charge in [0.05, 0.1) is 7.11 Å². The smallest absolute Gasteiger partial charge is 0.230 e. The Balaban J connectivity index is 1.79. The predicted molar refractivity (Wildman–Crippen MR) is 74.6 cm³/mol. The summed E-state index contributed by atoms with van der Waals surface area (Å²) in [5, 5.41) is 3.23. The Bertz CT molecular complexity index is 497. The molecule has 19 heavy (non-hydrogen) atoms. The number of fused-ring (bicyclic) bond motifs is 1. The lowest BCUT2D eigenvalue weighted by atomic mass is 9.88. The maximum atomic E-state index is 12.6. The second kappa shape index (κ2) is 4.85. The van der Waals surface area contributed by atoms with Gasteiger partial charge >= 0.3 is 0 Å². The highest BCUT2D eigenvalue weighted by atomic mass is 16.5. The average molecular weight is 260 g/mol. The molecule has 1 aromatic carbocycles. The third-order valence-corrected chi connectivity index (χ3v) is 4.36. The van der Waals surface area contributed by atoms with Gasteiger partial charge in [0, 0.05) is 18.2 Å². The number of hydrogen-bond acceptors (Lipinski definition) is 3. The first kappa shape index (κ1) is 12.5. The minimum Gasteiger partial charge on any atom is -0.497 e. The first-order valence-corrected chi connectivity index (χ1v) is 6.89. The molecule has 0 saturated carbocycles. The third kappa shape index (κ3) is 2.10. The molecule has 2 aliphatic rings. The number of nitrogens with one attached hydrogen (secondary N) is 1. The lowest BCUT2D eigenvalue weighted by Gasteiger charge is -2.34. The van der Waals surface area contributed by atoms with E-state index in [9.17, 15) is 4.79 Å². The molecule has 0 aromatic heterocycles. The van der Waals surface area contributed by atoms with Crippen LogP contribution in [0.5, 0.6) is 5.75 Å². The molecular weight excluding hydrogens is 240 g/mol. The zero-order valence-corrected chi connectivity index (χ0v) is 11.5. The summed E-state index contributed by atoms with van der Waals surface area (Å²) in [5.41, 5.74) is 2.27. The Labute approximate surface area is 113 Å². The molecule has 102 valence electrons. The van der Waals surface area contributed by atoms with Crippen LogP contribution < -0.4 is 15.0 Å². The topological polar surface area (TPSA) is 41.6 Å². The fraction of sp³-hybridized carbons (Fsp3) is 0.533. The molecule has 4 heteroatoms. The molecule has 2 aliphatic heterocycles. The van der Waals surface area contributed by atoms with Gasteiger partial charge in [-0.05, 0) is 49.2 Å². The van der Waals surface area contributed by atoms with Crippen molar-refractivity contribution in [2.75, 3.05) is 31.6 Å². The number of carbonyl (C=O) groups excluding carboxylic acids is 1. The largest absolute Gasteiger partial charge is 0.497 e. The van der Waals surface area contributed by atoms with Crippen molar-refractivity contribution in [3.8, 4) is 5.75 Å². The zero-order chi connectivity index (χ0) is 13.4. The number of hydrogen-bond donors (Lipinski definition) is 1. The van der Waals surface area contributed by atoms with E-state index in [4.69, 9.17) is 4.74 Å². The van der Waals surface area contributed by atoms with Crippen molar-refractivity contribution in [1.82, 2.24) is 5.32 Å². The number of amides is 1. The van der Waals surface area contributed by atoms with Crippen LogP contribution in [0.1, 0.15) is 12.5 Å². The first-order chi connectivity index (χ1) is 9.20.